The highest BCUT2D eigenvalue weighted by atomic mass is 16.4. The van der Waals surface area contributed by atoms with E-state index in [1.165, 1.54) is 31.2 Å². The number of hydrogen-bond acceptors (Lipinski definition) is 5. The van der Waals surface area contributed by atoms with Crippen LogP contribution >= 0.6 is 0 Å². The van der Waals surface area contributed by atoms with E-state index in [-0.39, 0.29) is 17.0 Å². The minimum Gasteiger partial charge on any atom is -0.478 e. The molecule has 0 radical (unpaired) electrons. The molecule has 2 aromatic carbocycles. The second-order valence-corrected chi connectivity index (χ2v) is 9.44. The summed E-state index contributed by atoms with van der Waals surface area (Å²) in [6.45, 7) is 4.09. The average Bonchev–Trinajstić information content (AvgIpc) is 3.13. The molecule has 0 saturated heterocycles. The number of furan rings is 1. The number of aryl methyl sites for hydroxylation is 1. The number of hydrogen-bond donors (Lipinski definition) is 2. The SMILES string of the molecule is Cc1cc([C@@H](C)Nc2ccccc2C(=O)O)c2oc3c([C@]45CCC[C@H]4C5)cnnc3c2c1. The first-order valence-corrected chi connectivity index (χ1v) is 11.3. The van der Waals surface area contributed by atoms with Crippen molar-refractivity contribution in [2.24, 2.45) is 5.92 Å². The van der Waals surface area contributed by atoms with Crippen LogP contribution in [0.3, 0.4) is 0 Å². The van der Waals surface area contributed by atoms with Gasteiger partial charge in [0, 0.05) is 27.6 Å². The summed E-state index contributed by atoms with van der Waals surface area (Å²) in [6.07, 6.45) is 6.89. The molecule has 6 heteroatoms. The summed E-state index contributed by atoms with van der Waals surface area (Å²) < 4.78 is 6.55. The van der Waals surface area contributed by atoms with Crippen molar-refractivity contribution in [1.29, 1.82) is 0 Å². The molecule has 2 saturated carbocycles. The van der Waals surface area contributed by atoms with Gasteiger partial charge in [0.1, 0.15) is 11.1 Å². The maximum absolute atomic E-state index is 11.6. The molecule has 2 aliphatic rings. The van der Waals surface area contributed by atoms with Gasteiger partial charge in [-0.15, -0.1) is 5.10 Å². The smallest absolute Gasteiger partial charge is 0.337 e. The van der Waals surface area contributed by atoms with Gasteiger partial charge in [-0.1, -0.05) is 24.6 Å². The summed E-state index contributed by atoms with van der Waals surface area (Å²) in [4.78, 5) is 11.6. The van der Waals surface area contributed by atoms with E-state index in [0.29, 0.717) is 5.69 Å². The van der Waals surface area contributed by atoms with Gasteiger partial charge in [0.05, 0.1) is 17.8 Å². The van der Waals surface area contributed by atoms with Crippen LogP contribution in [0, 0.1) is 12.8 Å². The van der Waals surface area contributed by atoms with Crippen LogP contribution in [0.5, 0.6) is 0 Å². The van der Waals surface area contributed by atoms with Crippen molar-refractivity contribution < 1.29 is 14.3 Å². The standard InChI is InChI=1S/C26H25N3O3/c1-14-10-18(15(2)28-21-8-4-3-7-17(21)25(30)31)23-19(11-14)22-24(32-23)20(13-27-29-22)26-9-5-6-16(26)12-26/h3-4,7-8,10-11,13,15-16,28H,5-6,9,12H2,1-2H3,(H,30,31)/t15-,16+,26+/m1/s1. The maximum Gasteiger partial charge on any atom is 0.337 e. The van der Waals surface area contributed by atoms with E-state index in [1.54, 1.807) is 18.2 Å². The molecular formula is C26H25N3O3. The van der Waals surface area contributed by atoms with Gasteiger partial charge in [-0.3, -0.25) is 0 Å². The van der Waals surface area contributed by atoms with Crippen LogP contribution in [-0.4, -0.2) is 21.3 Å². The molecule has 0 amide bonds. The van der Waals surface area contributed by atoms with Gasteiger partial charge in [-0.05, 0) is 62.8 Å². The number of para-hydroxylation sites is 1. The second kappa shape index (κ2) is 6.79. The largest absolute Gasteiger partial charge is 0.478 e. The van der Waals surface area contributed by atoms with Gasteiger partial charge in [-0.25, -0.2) is 4.79 Å². The van der Waals surface area contributed by atoms with Crippen molar-refractivity contribution in [3.8, 4) is 0 Å². The van der Waals surface area contributed by atoms with E-state index in [0.717, 1.165) is 39.1 Å². The summed E-state index contributed by atoms with van der Waals surface area (Å²) in [6, 6.07) is 11.0. The molecule has 0 unspecified atom stereocenters. The molecule has 6 rings (SSSR count). The van der Waals surface area contributed by atoms with E-state index in [4.69, 9.17) is 4.42 Å². The molecule has 2 N–H and O–H groups in total. The lowest BCUT2D eigenvalue weighted by Gasteiger charge is -2.18. The summed E-state index contributed by atoms with van der Waals surface area (Å²) in [5.41, 5.74) is 6.85. The number of aromatic carboxylic acids is 1. The molecule has 0 bridgehead atoms. The lowest BCUT2D eigenvalue weighted by atomic mass is 9.94. The fourth-order valence-corrected chi connectivity index (χ4v) is 5.83. The number of carboxylic acid groups (broad SMARTS) is 1. The molecule has 6 nitrogen and oxygen atoms in total. The van der Waals surface area contributed by atoms with Crippen molar-refractivity contribution in [3.05, 3.63) is 64.8 Å². The van der Waals surface area contributed by atoms with Crippen LogP contribution in [0.4, 0.5) is 5.69 Å². The summed E-state index contributed by atoms with van der Waals surface area (Å²) >= 11 is 0. The zero-order valence-electron chi connectivity index (χ0n) is 18.2. The van der Waals surface area contributed by atoms with Crippen molar-refractivity contribution >= 4 is 33.7 Å². The zero-order chi connectivity index (χ0) is 22.0. The van der Waals surface area contributed by atoms with Gasteiger partial charge < -0.3 is 14.8 Å². The number of carboxylic acids is 1. The molecule has 162 valence electrons. The van der Waals surface area contributed by atoms with Gasteiger partial charge in [0.15, 0.2) is 5.58 Å². The predicted octanol–water partition coefficient (Wildman–Crippen LogP) is 6.00. The fraction of sp³-hybridized carbons (Fsp3) is 0.346. The number of nitrogens with one attached hydrogen (secondary N) is 1. The van der Waals surface area contributed by atoms with Crippen LogP contribution in [0.2, 0.25) is 0 Å². The van der Waals surface area contributed by atoms with Crippen molar-refractivity contribution in [2.45, 2.75) is 51.0 Å². The molecule has 3 atom stereocenters. The van der Waals surface area contributed by atoms with Crippen LogP contribution in [-0.2, 0) is 5.41 Å². The summed E-state index contributed by atoms with van der Waals surface area (Å²) in [5.74, 6) is -0.203. The maximum atomic E-state index is 11.6. The molecule has 32 heavy (non-hydrogen) atoms. The Balaban J connectivity index is 1.49. The Morgan fingerprint density at radius 2 is 2.12 bits per heavy atom. The second-order valence-electron chi connectivity index (χ2n) is 9.44. The molecule has 2 heterocycles. The Morgan fingerprint density at radius 3 is 2.88 bits per heavy atom. The van der Waals surface area contributed by atoms with Crippen LogP contribution < -0.4 is 5.32 Å². The summed E-state index contributed by atoms with van der Waals surface area (Å²) in [7, 11) is 0. The minimum absolute atomic E-state index is 0.159. The summed E-state index contributed by atoms with van der Waals surface area (Å²) in [5, 5.41) is 22.7. The number of anilines is 1. The lowest BCUT2D eigenvalue weighted by Crippen LogP contribution is -2.11. The highest BCUT2D eigenvalue weighted by Crippen LogP contribution is 2.65. The number of rotatable bonds is 5. The first-order chi connectivity index (χ1) is 15.5. The highest BCUT2D eigenvalue weighted by Gasteiger charge is 2.59. The van der Waals surface area contributed by atoms with Crippen LogP contribution in [0.15, 0.2) is 47.0 Å². The van der Waals surface area contributed by atoms with Crippen molar-refractivity contribution in [3.63, 3.8) is 0 Å². The van der Waals surface area contributed by atoms with Crippen molar-refractivity contribution in [2.75, 3.05) is 5.32 Å². The molecule has 0 aliphatic heterocycles. The number of fused-ring (bicyclic) bond motifs is 4. The van der Waals surface area contributed by atoms with E-state index in [2.05, 4.69) is 34.6 Å². The number of benzene rings is 2. The quantitative estimate of drug-likeness (QED) is 0.406. The molecule has 0 spiro atoms. The number of carbonyl (C=O) groups is 1. The van der Waals surface area contributed by atoms with E-state index in [1.807, 2.05) is 19.2 Å². The predicted molar refractivity (Wildman–Crippen MR) is 123 cm³/mol. The third-order valence-corrected chi connectivity index (χ3v) is 7.47. The lowest BCUT2D eigenvalue weighted by molar-refractivity contribution is 0.0698. The Kier molecular flexibility index (Phi) is 4.09. The molecular weight excluding hydrogens is 402 g/mol. The molecule has 2 aliphatic carbocycles. The van der Waals surface area contributed by atoms with Crippen LogP contribution in [0.1, 0.15) is 65.7 Å². The minimum atomic E-state index is -0.951. The molecule has 2 aromatic heterocycles. The highest BCUT2D eigenvalue weighted by molar-refractivity contribution is 6.05. The fourth-order valence-electron chi connectivity index (χ4n) is 5.83. The van der Waals surface area contributed by atoms with Crippen LogP contribution in [0.25, 0.3) is 22.1 Å². The van der Waals surface area contributed by atoms with E-state index >= 15 is 0 Å². The van der Waals surface area contributed by atoms with E-state index in [9.17, 15) is 9.90 Å². The zero-order valence-corrected chi connectivity index (χ0v) is 18.2. The Labute approximate surface area is 185 Å². The number of nitrogens with zero attached hydrogens (tertiary/aromatic N) is 2. The average molecular weight is 428 g/mol. The van der Waals surface area contributed by atoms with Gasteiger partial charge >= 0.3 is 5.97 Å². The third kappa shape index (κ3) is 2.75. The van der Waals surface area contributed by atoms with Gasteiger partial charge in [-0.2, -0.15) is 5.10 Å². The first kappa shape index (κ1) is 19.3. The third-order valence-electron chi connectivity index (χ3n) is 7.47. The normalized spacial score (nSPS) is 22.8. The van der Waals surface area contributed by atoms with Gasteiger partial charge in [0.2, 0.25) is 0 Å². The van der Waals surface area contributed by atoms with Gasteiger partial charge in [0.25, 0.3) is 0 Å². The van der Waals surface area contributed by atoms with Crippen molar-refractivity contribution in [1.82, 2.24) is 10.2 Å². The topological polar surface area (TPSA) is 88.2 Å². The number of aromatic nitrogens is 2. The first-order valence-electron chi connectivity index (χ1n) is 11.3. The molecule has 4 aromatic rings. The molecule has 2 fully saturated rings. The Hall–Kier alpha value is -3.41. The van der Waals surface area contributed by atoms with E-state index < -0.39 is 5.97 Å². The monoisotopic (exact) mass is 427 g/mol. The Bertz CT molecular complexity index is 1390. The Morgan fingerprint density at radius 1 is 1.28 bits per heavy atom.